The first-order valence-corrected chi connectivity index (χ1v) is 9.13. The molecule has 0 radical (unpaired) electrons. The average Bonchev–Trinajstić information content (AvgIpc) is 2.91. The maximum absolute atomic E-state index is 12.4. The Balaban J connectivity index is 2.36. The summed E-state index contributed by atoms with van der Waals surface area (Å²) >= 11 is 1.56. The predicted octanol–water partition coefficient (Wildman–Crippen LogP) is 1.95. The lowest BCUT2D eigenvalue weighted by Crippen LogP contribution is -2.44. The van der Waals surface area contributed by atoms with Gasteiger partial charge in [-0.15, -0.1) is 11.3 Å². The second kappa shape index (κ2) is 6.24. The Morgan fingerprint density at radius 1 is 1.55 bits per heavy atom. The molecule has 0 fully saturated rings. The SMILES string of the molecule is CCCCS(=O)(=O)N1CCc2sccc2C1C(=O)OC. The molecule has 1 unspecified atom stereocenters. The maximum Gasteiger partial charge on any atom is 0.328 e. The van der Waals surface area contributed by atoms with Crippen LogP contribution in [0.4, 0.5) is 0 Å². The van der Waals surface area contributed by atoms with Gasteiger partial charge in [-0.1, -0.05) is 13.3 Å². The molecule has 0 N–H and O–H groups in total. The van der Waals surface area contributed by atoms with Gasteiger partial charge in [-0.25, -0.2) is 13.2 Å². The van der Waals surface area contributed by atoms with Crippen molar-refractivity contribution in [2.24, 2.45) is 0 Å². The molecule has 0 bridgehead atoms. The van der Waals surface area contributed by atoms with Gasteiger partial charge in [-0.05, 0) is 29.9 Å². The van der Waals surface area contributed by atoms with Crippen LogP contribution < -0.4 is 0 Å². The van der Waals surface area contributed by atoms with Crippen LogP contribution in [0.1, 0.15) is 36.2 Å². The van der Waals surface area contributed by atoms with E-state index in [0.29, 0.717) is 19.4 Å². The fourth-order valence-corrected chi connectivity index (χ4v) is 5.08. The number of hydrogen-bond acceptors (Lipinski definition) is 5. The van der Waals surface area contributed by atoms with Crippen LogP contribution in [-0.4, -0.2) is 38.1 Å². The van der Waals surface area contributed by atoms with Crippen LogP contribution >= 0.6 is 11.3 Å². The molecule has 0 saturated carbocycles. The van der Waals surface area contributed by atoms with Crippen molar-refractivity contribution in [3.05, 3.63) is 21.9 Å². The van der Waals surface area contributed by atoms with Crippen molar-refractivity contribution in [1.29, 1.82) is 0 Å². The number of ether oxygens (including phenoxy) is 1. The van der Waals surface area contributed by atoms with Gasteiger partial charge < -0.3 is 4.74 Å². The molecule has 1 atom stereocenters. The number of unbranched alkanes of at least 4 members (excludes halogenated alkanes) is 1. The molecule has 1 aliphatic heterocycles. The van der Waals surface area contributed by atoms with Crippen molar-refractivity contribution in [1.82, 2.24) is 4.31 Å². The highest BCUT2D eigenvalue weighted by Crippen LogP contribution is 2.35. The first-order chi connectivity index (χ1) is 9.51. The lowest BCUT2D eigenvalue weighted by Gasteiger charge is -2.32. The molecule has 5 nitrogen and oxygen atoms in total. The molecule has 7 heteroatoms. The molecule has 2 rings (SSSR count). The van der Waals surface area contributed by atoms with Gasteiger partial charge in [0.1, 0.15) is 6.04 Å². The van der Waals surface area contributed by atoms with Crippen molar-refractivity contribution in [2.75, 3.05) is 19.4 Å². The van der Waals surface area contributed by atoms with Crippen molar-refractivity contribution in [3.63, 3.8) is 0 Å². The monoisotopic (exact) mass is 317 g/mol. The number of nitrogens with zero attached hydrogens (tertiary/aromatic N) is 1. The number of rotatable bonds is 5. The van der Waals surface area contributed by atoms with Crippen LogP contribution in [0.3, 0.4) is 0 Å². The zero-order chi connectivity index (χ0) is 14.8. The van der Waals surface area contributed by atoms with Crippen LogP contribution in [0.25, 0.3) is 0 Å². The number of thiophene rings is 1. The van der Waals surface area contributed by atoms with E-state index in [-0.39, 0.29) is 5.75 Å². The normalized spacial score (nSPS) is 19.6. The van der Waals surface area contributed by atoms with E-state index < -0.39 is 22.0 Å². The molecule has 0 aliphatic carbocycles. The van der Waals surface area contributed by atoms with Crippen LogP contribution in [0.15, 0.2) is 11.4 Å². The molecule has 0 aromatic carbocycles. The number of hydrogen-bond donors (Lipinski definition) is 0. The Morgan fingerprint density at radius 2 is 2.30 bits per heavy atom. The van der Waals surface area contributed by atoms with E-state index in [0.717, 1.165) is 16.9 Å². The van der Waals surface area contributed by atoms with Gasteiger partial charge >= 0.3 is 5.97 Å². The highest BCUT2D eigenvalue weighted by molar-refractivity contribution is 7.89. The van der Waals surface area contributed by atoms with E-state index in [9.17, 15) is 13.2 Å². The Morgan fingerprint density at radius 3 is 2.95 bits per heavy atom. The van der Waals surface area contributed by atoms with E-state index in [1.165, 1.54) is 11.4 Å². The lowest BCUT2D eigenvalue weighted by atomic mass is 10.0. The standard InChI is InChI=1S/C13H19NO4S2/c1-3-4-9-20(16,17)14-7-5-11-10(6-8-19-11)12(14)13(15)18-2/h6,8,12H,3-5,7,9H2,1-2H3. The fraction of sp³-hybridized carbons (Fsp3) is 0.615. The number of carbonyl (C=O) groups is 1. The van der Waals surface area contributed by atoms with E-state index in [2.05, 4.69) is 0 Å². The number of carbonyl (C=O) groups excluding carboxylic acids is 1. The molecule has 1 aromatic heterocycles. The number of esters is 1. The predicted molar refractivity (Wildman–Crippen MR) is 78.2 cm³/mol. The first kappa shape index (κ1) is 15.5. The molecule has 1 aromatic rings. The van der Waals surface area contributed by atoms with E-state index >= 15 is 0 Å². The summed E-state index contributed by atoms with van der Waals surface area (Å²) in [6, 6.07) is 1.00. The van der Waals surface area contributed by atoms with Crippen molar-refractivity contribution in [3.8, 4) is 0 Å². The molecule has 0 amide bonds. The second-order valence-electron chi connectivity index (χ2n) is 4.76. The summed E-state index contributed by atoms with van der Waals surface area (Å²) in [6.07, 6.45) is 2.06. The van der Waals surface area contributed by atoms with Crippen molar-refractivity contribution in [2.45, 2.75) is 32.2 Å². The maximum atomic E-state index is 12.4. The Hall–Kier alpha value is -0.920. The zero-order valence-corrected chi connectivity index (χ0v) is 13.3. The topological polar surface area (TPSA) is 63.7 Å². The molecular formula is C13H19NO4S2. The Labute approximate surface area is 123 Å². The van der Waals surface area contributed by atoms with Gasteiger partial charge in [-0.2, -0.15) is 4.31 Å². The molecular weight excluding hydrogens is 298 g/mol. The third kappa shape index (κ3) is 2.89. The molecule has 112 valence electrons. The van der Waals surface area contributed by atoms with Crippen LogP contribution in [0, 0.1) is 0 Å². The van der Waals surface area contributed by atoms with Gasteiger partial charge in [0.15, 0.2) is 0 Å². The molecule has 0 spiro atoms. The van der Waals surface area contributed by atoms with Gasteiger partial charge in [-0.3, -0.25) is 0 Å². The largest absolute Gasteiger partial charge is 0.468 e. The average molecular weight is 317 g/mol. The highest BCUT2D eigenvalue weighted by atomic mass is 32.2. The summed E-state index contributed by atoms with van der Waals surface area (Å²) < 4.78 is 31.0. The van der Waals surface area contributed by atoms with Crippen LogP contribution in [0.5, 0.6) is 0 Å². The van der Waals surface area contributed by atoms with E-state index in [1.807, 2.05) is 18.4 Å². The molecule has 0 saturated heterocycles. The van der Waals surface area contributed by atoms with Crippen molar-refractivity contribution >= 4 is 27.3 Å². The zero-order valence-electron chi connectivity index (χ0n) is 11.7. The lowest BCUT2D eigenvalue weighted by molar-refractivity contribution is -0.145. The van der Waals surface area contributed by atoms with E-state index in [1.54, 1.807) is 11.3 Å². The minimum absolute atomic E-state index is 0.0798. The quantitative estimate of drug-likeness (QED) is 0.779. The first-order valence-electron chi connectivity index (χ1n) is 6.65. The minimum atomic E-state index is -3.43. The van der Waals surface area contributed by atoms with Gasteiger partial charge in [0.05, 0.1) is 12.9 Å². The van der Waals surface area contributed by atoms with Gasteiger partial charge in [0, 0.05) is 11.4 Å². The molecule has 1 aliphatic rings. The number of methoxy groups -OCH3 is 1. The van der Waals surface area contributed by atoms with Crippen molar-refractivity contribution < 1.29 is 17.9 Å². The third-order valence-electron chi connectivity index (χ3n) is 3.46. The summed E-state index contributed by atoms with van der Waals surface area (Å²) in [6.45, 7) is 2.29. The number of sulfonamides is 1. The summed E-state index contributed by atoms with van der Waals surface area (Å²) in [4.78, 5) is 13.1. The number of fused-ring (bicyclic) bond motifs is 1. The highest BCUT2D eigenvalue weighted by Gasteiger charge is 2.40. The molecule has 2 heterocycles. The van der Waals surface area contributed by atoms with Gasteiger partial charge in [0.25, 0.3) is 0 Å². The Kier molecular flexibility index (Phi) is 4.82. The minimum Gasteiger partial charge on any atom is -0.468 e. The Bertz CT molecular complexity index is 579. The van der Waals surface area contributed by atoms with Gasteiger partial charge in [0.2, 0.25) is 10.0 Å². The smallest absolute Gasteiger partial charge is 0.328 e. The van der Waals surface area contributed by atoms with Crippen LogP contribution in [-0.2, 0) is 26.0 Å². The van der Waals surface area contributed by atoms with Crippen LogP contribution in [0.2, 0.25) is 0 Å². The summed E-state index contributed by atoms with van der Waals surface area (Å²) in [5.41, 5.74) is 0.771. The second-order valence-corrected chi connectivity index (χ2v) is 7.80. The summed E-state index contributed by atoms with van der Waals surface area (Å²) in [5.74, 6) is -0.430. The summed E-state index contributed by atoms with van der Waals surface area (Å²) in [7, 11) is -2.14. The molecule has 20 heavy (non-hydrogen) atoms. The summed E-state index contributed by atoms with van der Waals surface area (Å²) in [5, 5.41) is 1.89. The third-order valence-corrected chi connectivity index (χ3v) is 6.37. The fourth-order valence-electron chi connectivity index (χ4n) is 2.39. The van der Waals surface area contributed by atoms with E-state index in [4.69, 9.17) is 4.74 Å².